The summed E-state index contributed by atoms with van der Waals surface area (Å²) < 4.78 is 0. The number of carbonyl (C=O) groups is 1. The Balaban J connectivity index is 1.74. The van der Waals surface area contributed by atoms with Gasteiger partial charge >= 0.3 is 0 Å². The second-order valence-electron chi connectivity index (χ2n) is 7.26. The molecule has 1 saturated carbocycles. The molecule has 1 fully saturated rings. The van der Waals surface area contributed by atoms with Crippen molar-refractivity contribution in [3.05, 3.63) is 47.5 Å². The summed E-state index contributed by atoms with van der Waals surface area (Å²) in [7, 11) is 4.05. The van der Waals surface area contributed by atoms with E-state index in [1.165, 1.54) is 0 Å². The van der Waals surface area contributed by atoms with Gasteiger partial charge in [0.1, 0.15) is 0 Å². The molecule has 2 aliphatic rings. The molecule has 0 aliphatic heterocycles. The number of carbonyl (C=O) groups excluding carboxylic acids is 1. The fraction of sp³-hybridized carbons (Fsp3) is 0.500. The molecule has 1 aromatic carbocycles. The smallest absolute Gasteiger partial charge is 0.226 e. The van der Waals surface area contributed by atoms with Gasteiger partial charge in [0.2, 0.25) is 5.91 Å². The van der Waals surface area contributed by atoms with Gasteiger partial charge in [0.15, 0.2) is 0 Å². The quantitative estimate of drug-likeness (QED) is 0.756. The molecule has 0 unspecified atom stereocenters. The molecule has 3 atom stereocenters. The van der Waals surface area contributed by atoms with Gasteiger partial charge in [-0.2, -0.15) is 5.26 Å². The van der Waals surface area contributed by atoms with E-state index in [1.807, 2.05) is 37.2 Å². The zero-order chi connectivity index (χ0) is 17.1. The summed E-state index contributed by atoms with van der Waals surface area (Å²) in [6.07, 6.45) is 6.64. The molecule has 3 rings (SSSR count). The third-order valence-corrected chi connectivity index (χ3v) is 5.15. The summed E-state index contributed by atoms with van der Waals surface area (Å²) in [5, 5.41) is 9.08. The monoisotopic (exact) mass is 323 g/mol. The van der Waals surface area contributed by atoms with Crippen LogP contribution in [-0.4, -0.2) is 42.9 Å². The van der Waals surface area contributed by atoms with E-state index in [4.69, 9.17) is 5.26 Å². The molecule has 4 nitrogen and oxygen atoms in total. The molecule has 2 aliphatic carbocycles. The van der Waals surface area contributed by atoms with Crippen LogP contribution in [-0.2, 0) is 11.3 Å². The van der Waals surface area contributed by atoms with Crippen molar-refractivity contribution < 1.29 is 4.79 Å². The van der Waals surface area contributed by atoms with E-state index in [-0.39, 0.29) is 11.8 Å². The number of hydrogen-bond acceptors (Lipinski definition) is 3. The maximum absolute atomic E-state index is 13.1. The van der Waals surface area contributed by atoms with Gasteiger partial charge in [-0.1, -0.05) is 24.3 Å². The predicted octanol–water partition coefficient (Wildman–Crippen LogP) is 2.66. The summed E-state index contributed by atoms with van der Waals surface area (Å²) in [5.74, 6) is 1.44. The summed E-state index contributed by atoms with van der Waals surface area (Å²) in [6.45, 7) is 2.15. The average molecular weight is 323 g/mol. The fourth-order valence-electron chi connectivity index (χ4n) is 3.85. The Hall–Kier alpha value is -2.12. The van der Waals surface area contributed by atoms with Crippen LogP contribution in [0.15, 0.2) is 36.4 Å². The number of rotatable bonds is 6. The lowest BCUT2D eigenvalue weighted by Gasteiger charge is -2.29. The van der Waals surface area contributed by atoms with E-state index >= 15 is 0 Å². The molecule has 0 radical (unpaired) electrons. The number of benzene rings is 1. The lowest BCUT2D eigenvalue weighted by atomic mass is 9.92. The van der Waals surface area contributed by atoms with Crippen LogP contribution in [0.5, 0.6) is 0 Å². The Bertz CT molecular complexity index is 674. The molecular weight excluding hydrogens is 298 g/mol. The lowest BCUT2D eigenvalue weighted by Crippen LogP contribution is -2.40. The zero-order valence-electron chi connectivity index (χ0n) is 14.5. The van der Waals surface area contributed by atoms with Crippen molar-refractivity contribution in [1.82, 2.24) is 9.80 Å². The van der Waals surface area contributed by atoms with E-state index in [9.17, 15) is 4.79 Å². The van der Waals surface area contributed by atoms with Crippen molar-refractivity contribution in [3.8, 4) is 6.07 Å². The zero-order valence-corrected chi connectivity index (χ0v) is 14.5. The van der Waals surface area contributed by atoms with Crippen molar-refractivity contribution in [3.63, 3.8) is 0 Å². The van der Waals surface area contributed by atoms with Gasteiger partial charge in [0.25, 0.3) is 0 Å². The first-order valence-electron chi connectivity index (χ1n) is 8.67. The maximum Gasteiger partial charge on any atom is 0.226 e. The number of fused-ring (bicyclic) bond motifs is 2. The first-order valence-corrected chi connectivity index (χ1v) is 8.67. The third-order valence-electron chi connectivity index (χ3n) is 5.15. The summed E-state index contributed by atoms with van der Waals surface area (Å²) in [5.41, 5.74) is 1.68. The van der Waals surface area contributed by atoms with Gasteiger partial charge in [-0.3, -0.25) is 4.79 Å². The Morgan fingerprint density at radius 3 is 2.71 bits per heavy atom. The van der Waals surface area contributed by atoms with Crippen molar-refractivity contribution >= 4 is 5.91 Å². The van der Waals surface area contributed by atoms with E-state index in [1.54, 1.807) is 6.07 Å². The standard InChI is InChI=1S/C20H25N3O/c1-22(2)8-9-23(14-17-5-3-4-16(10-17)13-21)20(24)19-12-15-6-7-18(19)11-15/h3-7,10,15,18-19H,8-9,11-12,14H2,1-2H3/t15-,18-,19-/m0/s1. The summed E-state index contributed by atoms with van der Waals surface area (Å²) >= 11 is 0. The van der Waals surface area contributed by atoms with Crippen LogP contribution in [0.1, 0.15) is 24.0 Å². The molecule has 0 spiro atoms. The molecule has 1 amide bonds. The van der Waals surface area contributed by atoms with Crippen LogP contribution < -0.4 is 0 Å². The van der Waals surface area contributed by atoms with E-state index < -0.39 is 0 Å². The number of hydrogen-bond donors (Lipinski definition) is 0. The second kappa shape index (κ2) is 7.19. The second-order valence-corrected chi connectivity index (χ2v) is 7.26. The van der Waals surface area contributed by atoms with Crippen LogP contribution in [0, 0.1) is 29.1 Å². The number of allylic oxidation sites excluding steroid dienone is 2. The van der Waals surface area contributed by atoms with Gasteiger partial charge in [-0.25, -0.2) is 0 Å². The highest BCUT2D eigenvalue weighted by atomic mass is 16.2. The van der Waals surface area contributed by atoms with Gasteiger partial charge in [0, 0.05) is 25.6 Å². The van der Waals surface area contributed by atoms with Gasteiger partial charge < -0.3 is 9.80 Å². The number of nitriles is 1. The van der Waals surface area contributed by atoms with E-state index in [2.05, 4.69) is 23.1 Å². The topological polar surface area (TPSA) is 47.3 Å². The van der Waals surface area contributed by atoms with Gasteiger partial charge in [0.05, 0.1) is 11.6 Å². The third kappa shape index (κ3) is 3.68. The van der Waals surface area contributed by atoms with Crippen LogP contribution in [0.25, 0.3) is 0 Å². The SMILES string of the molecule is CN(C)CCN(Cc1cccc(C#N)c1)C(=O)[C@H]1C[C@H]2C=C[C@H]1C2. The van der Waals surface area contributed by atoms with E-state index in [0.29, 0.717) is 23.9 Å². The number of nitrogens with zero attached hydrogens (tertiary/aromatic N) is 3. The molecule has 24 heavy (non-hydrogen) atoms. The Morgan fingerprint density at radius 1 is 1.25 bits per heavy atom. The Morgan fingerprint density at radius 2 is 2.08 bits per heavy atom. The molecule has 0 heterocycles. The first-order chi connectivity index (χ1) is 11.6. The summed E-state index contributed by atoms with van der Waals surface area (Å²) in [4.78, 5) is 17.2. The summed E-state index contributed by atoms with van der Waals surface area (Å²) in [6, 6.07) is 9.75. The first kappa shape index (κ1) is 16.7. The molecule has 1 aromatic rings. The Kier molecular flexibility index (Phi) is 5.01. The number of amides is 1. The van der Waals surface area contributed by atoms with Crippen molar-refractivity contribution in [2.24, 2.45) is 17.8 Å². The van der Waals surface area contributed by atoms with Gasteiger partial charge in [-0.15, -0.1) is 0 Å². The van der Waals surface area contributed by atoms with Crippen molar-refractivity contribution in [2.45, 2.75) is 19.4 Å². The maximum atomic E-state index is 13.1. The number of likely N-dealkylation sites (N-methyl/N-ethyl adjacent to an activating group) is 1. The van der Waals surface area contributed by atoms with Crippen LogP contribution >= 0.6 is 0 Å². The van der Waals surface area contributed by atoms with Gasteiger partial charge in [-0.05, 0) is 56.5 Å². The highest BCUT2D eigenvalue weighted by Gasteiger charge is 2.41. The van der Waals surface area contributed by atoms with Crippen LogP contribution in [0.4, 0.5) is 0 Å². The molecular formula is C20H25N3O. The molecule has 4 heteroatoms. The van der Waals surface area contributed by atoms with Crippen LogP contribution in [0.2, 0.25) is 0 Å². The molecule has 0 N–H and O–H groups in total. The molecule has 0 aromatic heterocycles. The normalized spacial score (nSPS) is 24.3. The van der Waals surface area contributed by atoms with Crippen molar-refractivity contribution in [2.75, 3.05) is 27.2 Å². The molecule has 2 bridgehead atoms. The average Bonchev–Trinajstić information content (AvgIpc) is 3.21. The minimum absolute atomic E-state index is 0.140. The highest BCUT2D eigenvalue weighted by molar-refractivity contribution is 5.80. The van der Waals surface area contributed by atoms with Crippen LogP contribution in [0.3, 0.4) is 0 Å². The molecule has 126 valence electrons. The minimum atomic E-state index is 0.140. The fourth-order valence-corrected chi connectivity index (χ4v) is 3.85. The Labute approximate surface area is 144 Å². The van der Waals surface area contributed by atoms with E-state index in [0.717, 1.165) is 31.5 Å². The highest BCUT2D eigenvalue weighted by Crippen LogP contribution is 2.44. The lowest BCUT2D eigenvalue weighted by molar-refractivity contribution is -0.137. The predicted molar refractivity (Wildman–Crippen MR) is 94.0 cm³/mol. The minimum Gasteiger partial charge on any atom is -0.337 e. The molecule has 0 saturated heterocycles. The largest absolute Gasteiger partial charge is 0.337 e. The van der Waals surface area contributed by atoms with Crippen molar-refractivity contribution in [1.29, 1.82) is 5.26 Å².